The van der Waals surface area contributed by atoms with Crippen LogP contribution < -0.4 is 5.73 Å². The van der Waals surface area contributed by atoms with Gasteiger partial charge in [-0.05, 0) is 19.3 Å². The molecule has 2 aliphatic heterocycles. The first-order valence-corrected chi connectivity index (χ1v) is 7.51. The van der Waals surface area contributed by atoms with Gasteiger partial charge in [-0.2, -0.15) is 17.0 Å². The topological polar surface area (TPSA) is 66.6 Å². The van der Waals surface area contributed by atoms with Gasteiger partial charge in [0.25, 0.3) is 10.2 Å². The van der Waals surface area contributed by atoms with Crippen molar-refractivity contribution in [1.29, 1.82) is 0 Å². The van der Waals surface area contributed by atoms with E-state index in [2.05, 4.69) is 0 Å². The number of nitrogens with two attached hydrogens (primary N) is 1. The summed E-state index contributed by atoms with van der Waals surface area (Å²) < 4.78 is 27.7. The van der Waals surface area contributed by atoms with E-state index in [1.807, 2.05) is 0 Å². The molecule has 2 rings (SSSR count). The van der Waals surface area contributed by atoms with Crippen molar-refractivity contribution in [1.82, 2.24) is 8.61 Å². The molecule has 2 aliphatic rings. The average molecular weight is 247 g/mol. The van der Waals surface area contributed by atoms with Crippen molar-refractivity contribution >= 4 is 10.2 Å². The van der Waals surface area contributed by atoms with Gasteiger partial charge in [-0.3, -0.25) is 0 Å². The number of rotatable bonds is 2. The van der Waals surface area contributed by atoms with Gasteiger partial charge in [-0.1, -0.05) is 12.8 Å². The molecule has 5 nitrogen and oxygen atoms in total. The van der Waals surface area contributed by atoms with Crippen LogP contribution in [0.3, 0.4) is 0 Å². The molecule has 0 aromatic carbocycles. The predicted octanol–water partition coefficient (Wildman–Crippen LogP) is 0.140. The van der Waals surface area contributed by atoms with Crippen LogP contribution in [0, 0.1) is 0 Å². The molecule has 2 fully saturated rings. The highest BCUT2D eigenvalue weighted by atomic mass is 32.2. The van der Waals surface area contributed by atoms with Gasteiger partial charge in [0.1, 0.15) is 0 Å². The second kappa shape index (κ2) is 5.00. The highest BCUT2D eigenvalue weighted by molar-refractivity contribution is 7.86. The minimum Gasteiger partial charge on any atom is -0.326 e. The lowest BCUT2D eigenvalue weighted by Gasteiger charge is -2.25. The highest BCUT2D eigenvalue weighted by Gasteiger charge is 2.34. The van der Waals surface area contributed by atoms with Gasteiger partial charge in [0, 0.05) is 32.2 Å². The van der Waals surface area contributed by atoms with Crippen molar-refractivity contribution in [2.45, 2.75) is 38.1 Å². The first kappa shape index (κ1) is 12.3. The molecule has 1 atom stereocenters. The van der Waals surface area contributed by atoms with E-state index in [0.717, 1.165) is 32.1 Å². The number of hydrogen-bond acceptors (Lipinski definition) is 3. The van der Waals surface area contributed by atoms with Crippen LogP contribution in [-0.4, -0.2) is 49.2 Å². The second-order valence-electron chi connectivity index (χ2n) is 4.73. The zero-order valence-corrected chi connectivity index (χ0v) is 10.5. The van der Waals surface area contributed by atoms with E-state index in [4.69, 9.17) is 5.73 Å². The Morgan fingerprint density at radius 2 is 1.56 bits per heavy atom. The number of hydrogen-bond donors (Lipinski definition) is 1. The fraction of sp³-hybridized carbons (Fsp3) is 1.00. The van der Waals surface area contributed by atoms with Crippen molar-refractivity contribution in [3.05, 3.63) is 0 Å². The van der Waals surface area contributed by atoms with Gasteiger partial charge >= 0.3 is 0 Å². The van der Waals surface area contributed by atoms with Gasteiger partial charge in [0.05, 0.1) is 0 Å². The summed E-state index contributed by atoms with van der Waals surface area (Å²) in [5.74, 6) is 0. The fourth-order valence-electron chi connectivity index (χ4n) is 2.40. The van der Waals surface area contributed by atoms with E-state index < -0.39 is 10.2 Å². The fourth-order valence-corrected chi connectivity index (χ4v) is 4.16. The maximum absolute atomic E-state index is 12.3. The Labute approximate surface area is 97.8 Å². The minimum absolute atomic E-state index is 0.0155. The summed E-state index contributed by atoms with van der Waals surface area (Å²) >= 11 is 0. The van der Waals surface area contributed by atoms with Crippen LogP contribution in [0.2, 0.25) is 0 Å². The van der Waals surface area contributed by atoms with E-state index in [0.29, 0.717) is 26.2 Å². The molecule has 2 heterocycles. The highest BCUT2D eigenvalue weighted by Crippen LogP contribution is 2.19. The van der Waals surface area contributed by atoms with Crippen molar-refractivity contribution in [3.63, 3.8) is 0 Å². The minimum atomic E-state index is -3.23. The summed E-state index contributed by atoms with van der Waals surface area (Å²) in [6.07, 6.45) is 5.04. The smallest absolute Gasteiger partial charge is 0.282 e. The van der Waals surface area contributed by atoms with Crippen LogP contribution in [0.1, 0.15) is 32.1 Å². The molecule has 0 unspecified atom stereocenters. The molecule has 0 aliphatic carbocycles. The van der Waals surface area contributed by atoms with Crippen molar-refractivity contribution in [3.8, 4) is 0 Å². The van der Waals surface area contributed by atoms with Gasteiger partial charge in [0.15, 0.2) is 0 Å². The summed E-state index contributed by atoms with van der Waals surface area (Å²) in [6, 6.07) is 0.0155. The molecule has 6 heteroatoms. The van der Waals surface area contributed by atoms with Crippen LogP contribution in [-0.2, 0) is 10.2 Å². The SMILES string of the molecule is N[C@@H]1CCN(S(=O)(=O)N2CCCCCC2)C1. The molecule has 0 spiro atoms. The Kier molecular flexibility index (Phi) is 3.84. The van der Waals surface area contributed by atoms with E-state index >= 15 is 0 Å². The summed E-state index contributed by atoms with van der Waals surface area (Å²) in [4.78, 5) is 0. The predicted molar refractivity (Wildman–Crippen MR) is 63.1 cm³/mol. The molecular weight excluding hydrogens is 226 g/mol. The van der Waals surface area contributed by atoms with Crippen LogP contribution in [0.5, 0.6) is 0 Å². The van der Waals surface area contributed by atoms with Gasteiger partial charge in [0.2, 0.25) is 0 Å². The van der Waals surface area contributed by atoms with E-state index in [1.54, 1.807) is 8.61 Å². The third-order valence-corrected chi connectivity index (χ3v) is 5.41. The van der Waals surface area contributed by atoms with E-state index in [9.17, 15) is 8.42 Å². The quantitative estimate of drug-likeness (QED) is 0.755. The van der Waals surface area contributed by atoms with Crippen LogP contribution in [0.15, 0.2) is 0 Å². The Bertz CT molecular complexity index is 323. The van der Waals surface area contributed by atoms with Crippen LogP contribution in [0.4, 0.5) is 0 Å². The normalized spacial score (nSPS) is 30.4. The molecule has 0 radical (unpaired) electrons. The van der Waals surface area contributed by atoms with Gasteiger partial charge in [-0.15, -0.1) is 0 Å². The first-order chi connectivity index (χ1) is 7.60. The Balaban J connectivity index is 2.05. The van der Waals surface area contributed by atoms with Gasteiger partial charge in [-0.25, -0.2) is 0 Å². The lowest BCUT2D eigenvalue weighted by molar-refractivity contribution is 0.365. The molecule has 2 N–H and O–H groups in total. The summed E-state index contributed by atoms with van der Waals surface area (Å²) in [6.45, 7) is 2.42. The number of nitrogens with zero attached hydrogens (tertiary/aromatic N) is 2. The molecule has 0 aromatic rings. The lowest BCUT2D eigenvalue weighted by atomic mass is 10.2. The third kappa shape index (κ3) is 2.56. The third-order valence-electron chi connectivity index (χ3n) is 3.41. The van der Waals surface area contributed by atoms with Crippen molar-refractivity contribution in [2.24, 2.45) is 5.73 Å². The average Bonchev–Trinajstić information content (AvgIpc) is 2.54. The van der Waals surface area contributed by atoms with E-state index in [1.165, 1.54) is 0 Å². The second-order valence-corrected chi connectivity index (χ2v) is 6.66. The van der Waals surface area contributed by atoms with E-state index in [-0.39, 0.29) is 6.04 Å². The Morgan fingerprint density at radius 3 is 2.06 bits per heavy atom. The molecule has 94 valence electrons. The molecular formula is C10H21N3O2S. The standard InChI is InChI=1S/C10H21N3O2S/c11-10-5-8-13(9-10)16(14,15)12-6-3-1-2-4-7-12/h10H,1-9,11H2/t10-/m1/s1. The van der Waals surface area contributed by atoms with Crippen molar-refractivity contribution in [2.75, 3.05) is 26.2 Å². The van der Waals surface area contributed by atoms with Crippen LogP contribution >= 0.6 is 0 Å². The zero-order chi connectivity index (χ0) is 11.6. The zero-order valence-electron chi connectivity index (χ0n) is 9.64. The molecule has 2 saturated heterocycles. The summed E-state index contributed by atoms with van der Waals surface area (Å²) in [5.41, 5.74) is 5.76. The lowest BCUT2D eigenvalue weighted by Crippen LogP contribution is -2.44. The van der Waals surface area contributed by atoms with Gasteiger partial charge < -0.3 is 5.73 Å². The maximum Gasteiger partial charge on any atom is 0.282 e. The molecule has 0 aromatic heterocycles. The maximum atomic E-state index is 12.3. The molecule has 16 heavy (non-hydrogen) atoms. The largest absolute Gasteiger partial charge is 0.326 e. The first-order valence-electron chi connectivity index (χ1n) is 6.11. The van der Waals surface area contributed by atoms with Crippen LogP contribution in [0.25, 0.3) is 0 Å². The molecule has 0 saturated carbocycles. The summed E-state index contributed by atoms with van der Waals surface area (Å²) in [7, 11) is -3.23. The molecule has 0 bridgehead atoms. The Morgan fingerprint density at radius 1 is 0.938 bits per heavy atom. The Hall–Kier alpha value is -0.170. The monoisotopic (exact) mass is 247 g/mol. The molecule has 0 amide bonds. The summed E-state index contributed by atoms with van der Waals surface area (Å²) in [5, 5.41) is 0. The van der Waals surface area contributed by atoms with Crippen molar-refractivity contribution < 1.29 is 8.42 Å².